The lowest BCUT2D eigenvalue weighted by molar-refractivity contribution is 0.0998. The van der Waals surface area contributed by atoms with Gasteiger partial charge >= 0.3 is 0 Å². The highest BCUT2D eigenvalue weighted by Crippen LogP contribution is 2.24. The number of amides is 1. The number of aliphatic imine (C=N–C) groups is 1. The van der Waals surface area contributed by atoms with Crippen LogP contribution in [-0.2, 0) is 7.05 Å². The number of rotatable bonds is 5. The summed E-state index contributed by atoms with van der Waals surface area (Å²) in [6, 6.07) is 16.0. The van der Waals surface area contributed by atoms with E-state index in [1.807, 2.05) is 24.3 Å². The second-order valence-electron chi connectivity index (χ2n) is 8.99. The lowest BCUT2D eigenvalue weighted by atomic mass is 10.1. The van der Waals surface area contributed by atoms with Crippen molar-refractivity contribution in [1.82, 2.24) is 24.5 Å². The first-order chi connectivity index (χ1) is 18.4. The summed E-state index contributed by atoms with van der Waals surface area (Å²) in [6.45, 7) is 4.25. The molecule has 192 valence electrons. The van der Waals surface area contributed by atoms with Crippen LogP contribution >= 0.6 is 0 Å². The maximum Gasteiger partial charge on any atom is 0.297 e. The third kappa shape index (κ3) is 5.12. The second kappa shape index (κ2) is 10.6. The SMILES string of the molecule is CC1CN(c2ccc(C(N)=NC(=O)c3ccccn3)cc2)CCN1c1nc(-c2ccncn2)cc(=O)n1C. The topological polar surface area (TPSA) is 135 Å². The predicted octanol–water partition coefficient (Wildman–Crippen LogP) is 1.89. The van der Waals surface area contributed by atoms with Crippen LogP contribution in [0.2, 0.25) is 0 Å². The van der Waals surface area contributed by atoms with Crippen molar-refractivity contribution in [3.8, 4) is 11.4 Å². The van der Waals surface area contributed by atoms with Crippen LogP contribution in [0.15, 0.2) is 83.1 Å². The van der Waals surface area contributed by atoms with Gasteiger partial charge in [0.25, 0.3) is 11.5 Å². The predicted molar refractivity (Wildman–Crippen MR) is 145 cm³/mol. The standard InChI is InChI=1S/C27H27N9O2/c1-18-16-35(20-8-6-19(7-9-20)25(28)33-26(38)22-5-3-4-11-30-22)13-14-36(18)27-32-23(15-24(37)34(27)2)21-10-12-29-17-31-21/h3-12,15,17-18H,13-14,16H2,1-2H3,(H2,28,33,38). The van der Waals surface area contributed by atoms with Gasteiger partial charge in [0.05, 0.1) is 11.4 Å². The number of benzene rings is 1. The average molecular weight is 510 g/mol. The van der Waals surface area contributed by atoms with Crippen LogP contribution in [0.3, 0.4) is 0 Å². The third-order valence-corrected chi connectivity index (χ3v) is 6.47. The Hall–Kier alpha value is -4.93. The van der Waals surface area contributed by atoms with Crippen LogP contribution in [0, 0.1) is 0 Å². The Balaban J connectivity index is 1.30. The van der Waals surface area contributed by atoms with E-state index in [0.717, 1.165) is 18.8 Å². The monoisotopic (exact) mass is 509 g/mol. The molecule has 0 aliphatic carbocycles. The zero-order valence-corrected chi connectivity index (χ0v) is 21.1. The number of anilines is 2. The van der Waals surface area contributed by atoms with Gasteiger partial charge in [-0.25, -0.2) is 15.0 Å². The summed E-state index contributed by atoms with van der Waals surface area (Å²) in [5.41, 5.74) is 9.00. The molecule has 1 atom stereocenters. The third-order valence-electron chi connectivity index (χ3n) is 6.47. The lowest BCUT2D eigenvalue weighted by Crippen LogP contribution is -2.53. The summed E-state index contributed by atoms with van der Waals surface area (Å²) in [6.07, 6.45) is 4.61. The van der Waals surface area contributed by atoms with Gasteiger partial charge in [-0.05, 0) is 49.4 Å². The van der Waals surface area contributed by atoms with Gasteiger partial charge in [-0.15, -0.1) is 0 Å². The molecule has 1 amide bonds. The van der Waals surface area contributed by atoms with E-state index in [-0.39, 0.29) is 23.1 Å². The van der Waals surface area contributed by atoms with Crippen LogP contribution in [0.5, 0.6) is 0 Å². The molecule has 0 radical (unpaired) electrons. The fourth-order valence-corrected chi connectivity index (χ4v) is 4.41. The van der Waals surface area contributed by atoms with E-state index in [2.05, 4.69) is 36.7 Å². The van der Waals surface area contributed by atoms with Gasteiger partial charge in [-0.3, -0.25) is 19.1 Å². The van der Waals surface area contributed by atoms with E-state index in [1.165, 1.54) is 12.4 Å². The van der Waals surface area contributed by atoms with Crippen LogP contribution in [0.25, 0.3) is 11.4 Å². The minimum atomic E-state index is -0.482. The number of carbonyl (C=O) groups excluding carboxylic acids is 1. The number of carbonyl (C=O) groups is 1. The van der Waals surface area contributed by atoms with Gasteiger partial charge in [-0.1, -0.05) is 6.07 Å². The molecular formula is C27H27N9O2. The highest BCUT2D eigenvalue weighted by atomic mass is 16.1. The van der Waals surface area contributed by atoms with Crippen molar-refractivity contribution < 1.29 is 4.79 Å². The smallest absolute Gasteiger partial charge is 0.297 e. The summed E-state index contributed by atoms with van der Waals surface area (Å²) in [4.78, 5) is 50.4. The first kappa shape index (κ1) is 24.8. The molecule has 1 fully saturated rings. The molecule has 3 aromatic heterocycles. The van der Waals surface area contributed by atoms with E-state index in [0.29, 0.717) is 29.4 Å². The molecule has 1 aliphatic rings. The lowest BCUT2D eigenvalue weighted by Gasteiger charge is -2.42. The largest absolute Gasteiger partial charge is 0.383 e. The zero-order chi connectivity index (χ0) is 26.6. The summed E-state index contributed by atoms with van der Waals surface area (Å²) in [5.74, 6) is 0.264. The van der Waals surface area contributed by atoms with E-state index < -0.39 is 5.91 Å². The van der Waals surface area contributed by atoms with Crippen molar-refractivity contribution in [1.29, 1.82) is 0 Å². The van der Waals surface area contributed by atoms with E-state index in [9.17, 15) is 9.59 Å². The molecule has 2 N–H and O–H groups in total. The zero-order valence-electron chi connectivity index (χ0n) is 21.1. The highest BCUT2D eigenvalue weighted by Gasteiger charge is 2.27. The molecule has 0 bridgehead atoms. The molecule has 0 saturated carbocycles. The minimum absolute atomic E-state index is 0.0878. The number of hydrogen-bond acceptors (Lipinski definition) is 8. The molecule has 1 unspecified atom stereocenters. The number of piperazine rings is 1. The first-order valence-corrected chi connectivity index (χ1v) is 12.2. The minimum Gasteiger partial charge on any atom is -0.383 e. The van der Waals surface area contributed by atoms with Gasteiger partial charge in [0.2, 0.25) is 5.95 Å². The number of aromatic nitrogens is 5. The first-order valence-electron chi connectivity index (χ1n) is 12.2. The second-order valence-corrected chi connectivity index (χ2v) is 8.99. The Morgan fingerprint density at radius 2 is 1.84 bits per heavy atom. The highest BCUT2D eigenvalue weighted by molar-refractivity contribution is 6.08. The number of amidine groups is 1. The molecule has 11 heteroatoms. The Labute approximate surface area is 219 Å². The fraction of sp³-hybridized carbons (Fsp3) is 0.222. The number of nitrogens with zero attached hydrogens (tertiary/aromatic N) is 8. The van der Waals surface area contributed by atoms with Crippen LogP contribution in [0.4, 0.5) is 11.6 Å². The molecule has 1 aliphatic heterocycles. The van der Waals surface area contributed by atoms with Gasteiger partial charge in [0, 0.05) is 62.4 Å². The van der Waals surface area contributed by atoms with E-state index in [1.54, 1.807) is 48.3 Å². The average Bonchev–Trinajstić information content (AvgIpc) is 2.95. The van der Waals surface area contributed by atoms with Crippen LogP contribution < -0.4 is 21.1 Å². The Kier molecular flexibility index (Phi) is 6.90. The number of pyridine rings is 1. The summed E-state index contributed by atoms with van der Waals surface area (Å²) in [5, 5.41) is 0. The van der Waals surface area contributed by atoms with Crippen LogP contribution in [0.1, 0.15) is 23.0 Å². The number of hydrogen-bond donors (Lipinski definition) is 1. The molecule has 4 heterocycles. The summed E-state index contributed by atoms with van der Waals surface area (Å²) >= 11 is 0. The summed E-state index contributed by atoms with van der Waals surface area (Å²) in [7, 11) is 1.73. The van der Waals surface area contributed by atoms with Gasteiger partial charge in [-0.2, -0.15) is 4.99 Å². The molecule has 5 rings (SSSR count). The van der Waals surface area contributed by atoms with E-state index >= 15 is 0 Å². The Morgan fingerprint density at radius 3 is 2.53 bits per heavy atom. The van der Waals surface area contributed by atoms with Crippen molar-refractivity contribution in [3.05, 3.63) is 94.9 Å². The van der Waals surface area contributed by atoms with Crippen molar-refractivity contribution in [3.63, 3.8) is 0 Å². The molecule has 1 saturated heterocycles. The quantitative estimate of drug-likeness (QED) is 0.316. The summed E-state index contributed by atoms with van der Waals surface area (Å²) < 4.78 is 1.57. The maximum atomic E-state index is 12.7. The van der Waals surface area contributed by atoms with Crippen molar-refractivity contribution >= 4 is 23.4 Å². The molecule has 11 nitrogen and oxygen atoms in total. The molecule has 0 spiro atoms. The Bertz CT molecular complexity index is 1520. The van der Waals surface area contributed by atoms with Crippen molar-refractivity contribution in [2.45, 2.75) is 13.0 Å². The van der Waals surface area contributed by atoms with Crippen molar-refractivity contribution in [2.24, 2.45) is 17.8 Å². The fourth-order valence-electron chi connectivity index (χ4n) is 4.41. The van der Waals surface area contributed by atoms with Gasteiger partial charge in [0.15, 0.2) is 0 Å². The van der Waals surface area contributed by atoms with Gasteiger partial charge in [0.1, 0.15) is 17.9 Å². The van der Waals surface area contributed by atoms with Gasteiger partial charge < -0.3 is 15.5 Å². The van der Waals surface area contributed by atoms with Crippen LogP contribution in [-0.4, -0.2) is 61.9 Å². The molecule has 4 aromatic rings. The maximum absolute atomic E-state index is 12.7. The normalized spacial score (nSPS) is 15.9. The van der Waals surface area contributed by atoms with Crippen molar-refractivity contribution in [2.75, 3.05) is 29.4 Å². The molecule has 38 heavy (non-hydrogen) atoms. The number of nitrogens with two attached hydrogens (primary N) is 1. The molecular weight excluding hydrogens is 482 g/mol. The van der Waals surface area contributed by atoms with E-state index in [4.69, 9.17) is 10.7 Å². The molecule has 1 aromatic carbocycles. The Morgan fingerprint density at radius 1 is 1.03 bits per heavy atom.